The smallest absolute Gasteiger partial charge is 0.294 e. The Morgan fingerprint density at radius 2 is 1.97 bits per heavy atom. The van der Waals surface area contributed by atoms with Crippen LogP contribution in [0.5, 0.6) is 11.5 Å². The van der Waals surface area contributed by atoms with E-state index in [0.717, 1.165) is 21.1 Å². The number of carbonyl (C=O) groups is 3. The van der Waals surface area contributed by atoms with Crippen molar-refractivity contribution in [2.24, 2.45) is 0 Å². The molecule has 1 saturated heterocycles. The normalized spacial score (nSPS) is 15.1. The molecule has 0 unspecified atom stereocenters. The van der Waals surface area contributed by atoms with Crippen LogP contribution in [-0.4, -0.2) is 40.2 Å². The van der Waals surface area contributed by atoms with Crippen molar-refractivity contribution < 1.29 is 24.2 Å². The number of hydrogen-bond acceptors (Lipinski definition) is 6. The third-order valence-corrected chi connectivity index (χ3v) is 5.32. The van der Waals surface area contributed by atoms with Crippen molar-refractivity contribution in [1.82, 2.24) is 4.90 Å². The summed E-state index contributed by atoms with van der Waals surface area (Å²) in [4.78, 5) is 38.1. The lowest BCUT2D eigenvalue weighted by Gasteiger charge is -2.12. The number of phenols is 1. The molecule has 1 heterocycles. The van der Waals surface area contributed by atoms with Crippen LogP contribution in [0.2, 0.25) is 0 Å². The first-order valence-corrected chi connectivity index (χ1v) is 10.2. The van der Waals surface area contributed by atoms with Crippen LogP contribution >= 0.6 is 27.7 Å². The molecule has 3 amide bonds. The van der Waals surface area contributed by atoms with Gasteiger partial charge in [0, 0.05) is 10.2 Å². The molecule has 0 spiro atoms. The predicted molar refractivity (Wildman–Crippen MR) is 115 cm³/mol. The molecule has 2 N–H and O–H groups in total. The van der Waals surface area contributed by atoms with E-state index in [9.17, 15) is 19.5 Å². The quantitative estimate of drug-likeness (QED) is 0.605. The van der Waals surface area contributed by atoms with Crippen LogP contribution in [0.3, 0.4) is 0 Å². The second-order valence-electron chi connectivity index (χ2n) is 5.98. The van der Waals surface area contributed by atoms with Crippen molar-refractivity contribution in [2.45, 2.75) is 6.92 Å². The standard InChI is InChI=1S/C20H17BrN2O5S/c1-2-28-16-9-12(3-8-15(16)24)10-17-19(26)23(20(27)29-17)11-18(25)22-14-6-4-13(21)5-7-14/h3-10,24H,2,11H2,1H3,(H,22,25)/b17-10+. The molecule has 0 atom stereocenters. The number of thioether (sulfide) groups is 1. The Bertz CT molecular complexity index is 991. The zero-order valence-corrected chi connectivity index (χ0v) is 17.7. The van der Waals surface area contributed by atoms with Crippen LogP contribution in [0.4, 0.5) is 10.5 Å². The third-order valence-electron chi connectivity index (χ3n) is 3.88. The molecule has 29 heavy (non-hydrogen) atoms. The molecule has 2 aromatic rings. The molecule has 0 saturated carbocycles. The maximum Gasteiger partial charge on any atom is 0.294 e. The van der Waals surface area contributed by atoms with Crippen molar-refractivity contribution in [3.05, 3.63) is 57.4 Å². The maximum atomic E-state index is 12.6. The lowest BCUT2D eigenvalue weighted by molar-refractivity contribution is -0.127. The van der Waals surface area contributed by atoms with Gasteiger partial charge >= 0.3 is 0 Å². The van der Waals surface area contributed by atoms with Gasteiger partial charge in [0.15, 0.2) is 11.5 Å². The van der Waals surface area contributed by atoms with Gasteiger partial charge in [-0.05, 0) is 66.7 Å². The van der Waals surface area contributed by atoms with Crippen LogP contribution in [0.25, 0.3) is 6.08 Å². The summed E-state index contributed by atoms with van der Waals surface area (Å²) in [7, 11) is 0. The number of phenolic OH excluding ortho intramolecular Hbond substituents is 1. The zero-order chi connectivity index (χ0) is 21.0. The molecule has 1 aliphatic heterocycles. The lowest BCUT2D eigenvalue weighted by Crippen LogP contribution is -2.36. The fourth-order valence-electron chi connectivity index (χ4n) is 2.56. The van der Waals surface area contributed by atoms with E-state index in [1.165, 1.54) is 12.1 Å². The van der Waals surface area contributed by atoms with Crippen LogP contribution in [0.15, 0.2) is 51.8 Å². The molecular formula is C20H17BrN2O5S. The molecule has 2 aromatic carbocycles. The van der Waals surface area contributed by atoms with Gasteiger partial charge in [0.1, 0.15) is 6.54 Å². The minimum absolute atomic E-state index is 0.0123. The maximum absolute atomic E-state index is 12.6. The average molecular weight is 477 g/mol. The number of anilines is 1. The molecule has 0 radical (unpaired) electrons. The molecule has 0 bridgehead atoms. The number of imide groups is 1. The summed E-state index contributed by atoms with van der Waals surface area (Å²) in [5.74, 6) is -0.743. The number of hydrogen-bond donors (Lipinski definition) is 2. The second-order valence-corrected chi connectivity index (χ2v) is 7.89. The molecule has 7 nitrogen and oxygen atoms in total. The van der Waals surface area contributed by atoms with E-state index < -0.39 is 17.1 Å². The Morgan fingerprint density at radius 3 is 2.66 bits per heavy atom. The van der Waals surface area contributed by atoms with Crippen LogP contribution in [-0.2, 0) is 9.59 Å². The highest BCUT2D eigenvalue weighted by atomic mass is 79.9. The molecule has 150 valence electrons. The van der Waals surface area contributed by atoms with Gasteiger partial charge in [-0.2, -0.15) is 0 Å². The van der Waals surface area contributed by atoms with Gasteiger partial charge in [-0.25, -0.2) is 0 Å². The summed E-state index contributed by atoms with van der Waals surface area (Å²) in [6.45, 7) is 1.79. The third kappa shape index (κ3) is 5.18. The Balaban J connectivity index is 1.70. The average Bonchev–Trinajstić information content (AvgIpc) is 2.94. The number of aromatic hydroxyl groups is 1. The molecule has 1 fully saturated rings. The number of halogens is 1. The first-order valence-electron chi connectivity index (χ1n) is 8.64. The van der Waals surface area contributed by atoms with E-state index in [1.54, 1.807) is 43.3 Å². The summed E-state index contributed by atoms with van der Waals surface area (Å²) < 4.78 is 6.19. The van der Waals surface area contributed by atoms with E-state index in [1.807, 2.05) is 0 Å². The summed E-state index contributed by atoms with van der Waals surface area (Å²) in [6, 6.07) is 11.6. The second kappa shape index (κ2) is 9.15. The topological polar surface area (TPSA) is 95.9 Å². The van der Waals surface area contributed by atoms with E-state index in [4.69, 9.17) is 4.74 Å². The van der Waals surface area contributed by atoms with Crippen molar-refractivity contribution in [1.29, 1.82) is 0 Å². The Hall–Kier alpha value is -2.78. The van der Waals surface area contributed by atoms with Crippen molar-refractivity contribution in [3.63, 3.8) is 0 Å². The van der Waals surface area contributed by atoms with Crippen molar-refractivity contribution >= 4 is 56.5 Å². The molecular weight excluding hydrogens is 460 g/mol. The van der Waals surface area contributed by atoms with Gasteiger partial charge < -0.3 is 15.2 Å². The number of rotatable bonds is 6. The first kappa shape index (κ1) is 20.9. The minimum Gasteiger partial charge on any atom is -0.504 e. The fraction of sp³-hybridized carbons (Fsp3) is 0.150. The zero-order valence-electron chi connectivity index (χ0n) is 15.3. The molecule has 3 rings (SSSR count). The Labute approximate surface area is 179 Å². The van der Waals surface area contributed by atoms with Crippen LogP contribution < -0.4 is 10.1 Å². The van der Waals surface area contributed by atoms with Crippen molar-refractivity contribution in [3.8, 4) is 11.5 Å². The number of nitrogens with zero attached hydrogens (tertiary/aromatic N) is 1. The van der Waals surface area contributed by atoms with E-state index in [0.29, 0.717) is 17.9 Å². The highest BCUT2D eigenvalue weighted by Crippen LogP contribution is 2.34. The van der Waals surface area contributed by atoms with Gasteiger partial charge in [-0.1, -0.05) is 22.0 Å². The number of nitrogens with one attached hydrogen (secondary N) is 1. The predicted octanol–water partition coefficient (Wildman–Crippen LogP) is 4.23. The number of ether oxygens (including phenoxy) is 1. The van der Waals surface area contributed by atoms with Gasteiger partial charge in [0.25, 0.3) is 11.1 Å². The van der Waals surface area contributed by atoms with Crippen LogP contribution in [0.1, 0.15) is 12.5 Å². The van der Waals surface area contributed by atoms with Crippen LogP contribution in [0, 0.1) is 0 Å². The first-order chi connectivity index (χ1) is 13.9. The SMILES string of the molecule is CCOc1cc(/C=C2/SC(=O)N(CC(=O)Nc3ccc(Br)cc3)C2=O)ccc1O. The highest BCUT2D eigenvalue weighted by molar-refractivity contribution is 9.10. The number of benzene rings is 2. The van der Waals surface area contributed by atoms with Gasteiger partial charge in [-0.3, -0.25) is 19.3 Å². The monoisotopic (exact) mass is 476 g/mol. The lowest BCUT2D eigenvalue weighted by atomic mass is 10.2. The van der Waals surface area contributed by atoms with E-state index >= 15 is 0 Å². The summed E-state index contributed by atoms with van der Waals surface area (Å²) in [5, 5.41) is 11.9. The summed E-state index contributed by atoms with van der Waals surface area (Å²) >= 11 is 4.07. The largest absolute Gasteiger partial charge is 0.504 e. The van der Waals surface area contributed by atoms with E-state index in [-0.39, 0.29) is 22.9 Å². The van der Waals surface area contributed by atoms with Crippen molar-refractivity contribution in [2.75, 3.05) is 18.5 Å². The molecule has 0 aromatic heterocycles. The fourth-order valence-corrected chi connectivity index (χ4v) is 3.66. The summed E-state index contributed by atoms with van der Waals surface area (Å²) in [5.41, 5.74) is 1.16. The minimum atomic E-state index is -0.544. The number of amides is 3. The van der Waals surface area contributed by atoms with Gasteiger partial charge in [0.2, 0.25) is 5.91 Å². The molecule has 9 heteroatoms. The Kier molecular flexibility index (Phi) is 6.60. The molecule has 1 aliphatic rings. The van der Waals surface area contributed by atoms with Gasteiger partial charge in [0.05, 0.1) is 11.5 Å². The summed E-state index contributed by atoms with van der Waals surface area (Å²) in [6.07, 6.45) is 1.53. The van der Waals surface area contributed by atoms with E-state index in [2.05, 4.69) is 21.2 Å². The highest BCUT2D eigenvalue weighted by Gasteiger charge is 2.36. The molecule has 0 aliphatic carbocycles. The Morgan fingerprint density at radius 1 is 1.24 bits per heavy atom. The number of carbonyl (C=O) groups excluding carboxylic acids is 3. The van der Waals surface area contributed by atoms with Gasteiger partial charge in [-0.15, -0.1) is 0 Å².